The number of amides is 4. The molecule has 1 aliphatic heterocycles. The second kappa shape index (κ2) is 6.26. The van der Waals surface area contributed by atoms with Crippen molar-refractivity contribution in [3.63, 3.8) is 0 Å². The number of carbonyl (C=O) groups is 3. The highest BCUT2D eigenvalue weighted by Gasteiger charge is 2.40. The zero-order valence-corrected chi connectivity index (χ0v) is 12.3. The third kappa shape index (κ3) is 3.23. The van der Waals surface area contributed by atoms with Crippen LogP contribution in [0.1, 0.15) is 19.4 Å². The van der Waals surface area contributed by atoms with E-state index >= 15 is 0 Å². The van der Waals surface area contributed by atoms with Crippen molar-refractivity contribution >= 4 is 23.5 Å². The highest BCUT2D eigenvalue weighted by molar-refractivity contribution is 6.08. The maximum atomic E-state index is 12.1. The minimum atomic E-state index is -0.588. The summed E-state index contributed by atoms with van der Waals surface area (Å²) in [4.78, 5) is 36.7. The van der Waals surface area contributed by atoms with Gasteiger partial charge in [0, 0.05) is 5.69 Å². The monoisotopic (exact) mass is 300 g/mol. The molecule has 2 N–H and O–H groups in total. The summed E-state index contributed by atoms with van der Waals surface area (Å²) in [5.74, 6) is -0.907. The molecule has 1 aliphatic rings. The van der Waals surface area contributed by atoms with Crippen LogP contribution in [-0.4, -0.2) is 35.3 Å². The Kier molecular flexibility index (Phi) is 4.41. The summed E-state index contributed by atoms with van der Waals surface area (Å²) in [7, 11) is 0. The number of imide groups is 1. The van der Waals surface area contributed by atoms with Crippen LogP contribution in [0.25, 0.3) is 0 Å². The Bertz CT molecular complexity index is 646. The predicted molar refractivity (Wildman–Crippen MR) is 78.7 cm³/mol. The fourth-order valence-corrected chi connectivity index (χ4v) is 2.11. The average molecular weight is 300 g/mol. The Morgan fingerprint density at radius 1 is 1.36 bits per heavy atom. The molecule has 1 heterocycles. The summed E-state index contributed by atoms with van der Waals surface area (Å²) in [6, 6.07) is 7.13. The molecule has 7 heteroatoms. The number of urea groups is 1. The van der Waals surface area contributed by atoms with Gasteiger partial charge in [0.1, 0.15) is 12.6 Å². The lowest BCUT2D eigenvalue weighted by Crippen LogP contribution is -2.39. The molecule has 1 aromatic carbocycles. The van der Waals surface area contributed by atoms with Crippen molar-refractivity contribution in [2.24, 2.45) is 5.92 Å². The molecule has 0 aliphatic carbocycles. The quantitative estimate of drug-likeness (QED) is 0.812. The molecule has 2 rings (SSSR count). The van der Waals surface area contributed by atoms with Gasteiger partial charge in [-0.2, -0.15) is 5.26 Å². The molecule has 1 saturated heterocycles. The van der Waals surface area contributed by atoms with Crippen LogP contribution >= 0.6 is 0 Å². The van der Waals surface area contributed by atoms with Crippen LogP contribution < -0.4 is 10.6 Å². The van der Waals surface area contributed by atoms with E-state index in [9.17, 15) is 14.4 Å². The second-order valence-corrected chi connectivity index (χ2v) is 5.33. The summed E-state index contributed by atoms with van der Waals surface area (Å²) in [5, 5.41) is 13.8. The summed E-state index contributed by atoms with van der Waals surface area (Å²) in [5.41, 5.74) is 0.975. The van der Waals surface area contributed by atoms with E-state index in [0.717, 1.165) is 4.90 Å². The smallest absolute Gasteiger partial charge is 0.325 e. The molecular weight excluding hydrogens is 284 g/mol. The number of nitrogens with one attached hydrogen (secondary N) is 2. The van der Waals surface area contributed by atoms with Gasteiger partial charge in [-0.05, 0) is 30.2 Å². The zero-order chi connectivity index (χ0) is 16.3. The number of hydrogen-bond donors (Lipinski definition) is 2. The standard InChI is InChI=1S/C15H16N4O3/c1-9(2)13-14(21)19(15(22)18-13)8-12(20)17-11-5-3-10(7-16)4-6-11/h3-6,9,13H,8H2,1-2H3,(H,17,20)(H,18,22). The van der Waals surface area contributed by atoms with E-state index in [4.69, 9.17) is 5.26 Å². The van der Waals surface area contributed by atoms with E-state index in [1.54, 1.807) is 24.3 Å². The first-order valence-corrected chi connectivity index (χ1v) is 6.84. The van der Waals surface area contributed by atoms with E-state index < -0.39 is 23.9 Å². The topological polar surface area (TPSA) is 102 Å². The average Bonchev–Trinajstić information content (AvgIpc) is 2.76. The summed E-state index contributed by atoms with van der Waals surface area (Å²) < 4.78 is 0. The number of carbonyl (C=O) groups excluding carboxylic acids is 3. The number of hydrogen-bond acceptors (Lipinski definition) is 4. The molecule has 114 valence electrons. The molecule has 0 bridgehead atoms. The van der Waals surface area contributed by atoms with Gasteiger partial charge < -0.3 is 10.6 Å². The Balaban J connectivity index is 1.98. The number of anilines is 1. The van der Waals surface area contributed by atoms with Gasteiger partial charge in [-0.3, -0.25) is 14.5 Å². The van der Waals surface area contributed by atoms with Crippen LogP contribution in [0.5, 0.6) is 0 Å². The van der Waals surface area contributed by atoms with Crippen LogP contribution in [0.4, 0.5) is 10.5 Å². The summed E-state index contributed by atoms with van der Waals surface area (Å²) in [6.07, 6.45) is 0. The SMILES string of the molecule is CC(C)C1NC(=O)N(CC(=O)Nc2ccc(C#N)cc2)C1=O. The molecule has 0 spiro atoms. The maximum absolute atomic E-state index is 12.1. The first-order chi connectivity index (χ1) is 10.4. The predicted octanol–water partition coefficient (Wildman–Crippen LogP) is 1.07. The minimum Gasteiger partial charge on any atom is -0.326 e. The van der Waals surface area contributed by atoms with Gasteiger partial charge in [0.2, 0.25) is 5.91 Å². The van der Waals surface area contributed by atoms with Crippen LogP contribution in [0.2, 0.25) is 0 Å². The van der Waals surface area contributed by atoms with Crippen molar-refractivity contribution in [1.29, 1.82) is 5.26 Å². The van der Waals surface area contributed by atoms with Crippen molar-refractivity contribution in [3.8, 4) is 6.07 Å². The van der Waals surface area contributed by atoms with Crippen molar-refractivity contribution in [2.75, 3.05) is 11.9 Å². The van der Waals surface area contributed by atoms with Crippen LogP contribution in [0.3, 0.4) is 0 Å². The van der Waals surface area contributed by atoms with Gasteiger partial charge in [-0.25, -0.2) is 4.79 Å². The number of rotatable bonds is 4. The lowest BCUT2D eigenvalue weighted by atomic mass is 10.1. The van der Waals surface area contributed by atoms with E-state index in [-0.39, 0.29) is 12.5 Å². The van der Waals surface area contributed by atoms with E-state index in [0.29, 0.717) is 11.3 Å². The van der Waals surface area contributed by atoms with Gasteiger partial charge in [0.25, 0.3) is 5.91 Å². The molecule has 1 aromatic rings. The molecule has 22 heavy (non-hydrogen) atoms. The van der Waals surface area contributed by atoms with Gasteiger partial charge in [-0.1, -0.05) is 13.8 Å². The molecule has 0 saturated carbocycles. The van der Waals surface area contributed by atoms with Crippen LogP contribution in [0.15, 0.2) is 24.3 Å². The molecule has 1 unspecified atom stereocenters. The molecular formula is C15H16N4O3. The van der Waals surface area contributed by atoms with Crippen molar-refractivity contribution in [3.05, 3.63) is 29.8 Å². The highest BCUT2D eigenvalue weighted by Crippen LogP contribution is 2.14. The molecule has 7 nitrogen and oxygen atoms in total. The third-order valence-electron chi connectivity index (χ3n) is 3.32. The Labute approximate surface area is 127 Å². The Morgan fingerprint density at radius 3 is 2.50 bits per heavy atom. The first kappa shape index (κ1) is 15.5. The largest absolute Gasteiger partial charge is 0.326 e. The van der Waals surface area contributed by atoms with Crippen LogP contribution in [0, 0.1) is 17.2 Å². The number of nitrogens with zero attached hydrogens (tertiary/aromatic N) is 2. The zero-order valence-electron chi connectivity index (χ0n) is 12.3. The van der Waals surface area contributed by atoms with E-state index in [1.807, 2.05) is 19.9 Å². The number of benzene rings is 1. The Morgan fingerprint density at radius 2 is 2.00 bits per heavy atom. The van der Waals surface area contributed by atoms with Crippen molar-refractivity contribution in [1.82, 2.24) is 10.2 Å². The Hall–Kier alpha value is -2.88. The number of nitriles is 1. The van der Waals surface area contributed by atoms with Gasteiger partial charge in [0.05, 0.1) is 11.6 Å². The lowest BCUT2D eigenvalue weighted by molar-refractivity contribution is -0.131. The maximum Gasteiger partial charge on any atom is 0.325 e. The van der Waals surface area contributed by atoms with Crippen molar-refractivity contribution in [2.45, 2.75) is 19.9 Å². The molecule has 1 atom stereocenters. The summed E-state index contributed by atoms with van der Waals surface area (Å²) >= 11 is 0. The fourth-order valence-electron chi connectivity index (χ4n) is 2.11. The first-order valence-electron chi connectivity index (χ1n) is 6.84. The second-order valence-electron chi connectivity index (χ2n) is 5.33. The summed E-state index contributed by atoms with van der Waals surface area (Å²) in [6.45, 7) is 3.31. The lowest BCUT2D eigenvalue weighted by Gasteiger charge is -2.14. The highest BCUT2D eigenvalue weighted by atomic mass is 16.2. The fraction of sp³-hybridized carbons (Fsp3) is 0.333. The van der Waals surface area contributed by atoms with Gasteiger partial charge in [0.15, 0.2) is 0 Å². The molecule has 4 amide bonds. The van der Waals surface area contributed by atoms with Crippen LogP contribution in [-0.2, 0) is 9.59 Å². The minimum absolute atomic E-state index is 0.0389. The third-order valence-corrected chi connectivity index (χ3v) is 3.32. The van der Waals surface area contributed by atoms with Crippen molar-refractivity contribution < 1.29 is 14.4 Å². The van der Waals surface area contributed by atoms with E-state index in [1.165, 1.54) is 0 Å². The van der Waals surface area contributed by atoms with Gasteiger partial charge >= 0.3 is 6.03 Å². The van der Waals surface area contributed by atoms with Gasteiger partial charge in [-0.15, -0.1) is 0 Å². The molecule has 0 aromatic heterocycles. The normalized spacial score (nSPS) is 17.4. The molecule has 1 fully saturated rings. The molecule has 0 radical (unpaired) electrons. The van der Waals surface area contributed by atoms with E-state index in [2.05, 4.69) is 10.6 Å².